The maximum Gasteiger partial charge on any atom is 0.340 e. The van der Waals surface area contributed by atoms with Crippen LogP contribution in [0.1, 0.15) is 17.4 Å². The van der Waals surface area contributed by atoms with E-state index in [-0.39, 0.29) is 12.3 Å². The van der Waals surface area contributed by atoms with Crippen LogP contribution in [-0.2, 0) is 9.53 Å². The molecule has 1 rings (SSSR count). The molecule has 0 N–H and O–H groups in total. The van der Waals surface area contributed by atoms with E-state index in [1.165, 1.54) is 6.08 Å². The summed E-state index contributed by atoms with van der Waals surface area (Å²) >= 11 is 1.56. The van der Waals surface area contributed by atoms with Crippen LogP contribution in [0.2, 0.25) is 0 Å². The lowest BCUT2D eigenvalue weighted by Gasteiger charge is -1.99. The van der Waals surface area contributed by atoms with E-state index in [2.05, 4.69) is 10.0 Å². The maximum absolute atomic E-state index is 11.4. The SMILES string of the molecule is CCOC(=O)/C(=C/c1csc(C)c1)N=[N+]=[N-]. The molecule has 0 saturated carbocycles. The quantitative estimate of drug-likeness (QED) is 0.265. The molecule has 1 aromatic heterocycles. The molecule has 1 heterocycles. The Morgan fingerprint density at radius 3 is 3.00 bits per heavy atom. The summed E-state index contributed by atoms with van der Waals surface area (Å²) in [7, 11) is 0. The molecule has 0 amide bonds. The predicted octanol–water partition coefficient (Wildman–Crippen LogP) is 3.27. The number of carbonyl (C=O) groups excluding carboxylic acids is 1. The molecule has 0 unspecified atom stereocenters. The Bertz CT molecular complexity index is 458. The van der Waals surface area contributed by atoms with Crippen LogP contribution in [0.4, 0.5) is 0 Å². The van der Waals surface area contributed by atoms with Crippen molar-refractivity contribution in [1.82, 2.24) is 0 Å². The Kier molecular flexibility index (Phi) is 4.57. The first kappa shape index (κ1) is 12.3. The van der Waals surface area contributed by atoms with Crippen molar-refractivity contribution >= 4 is 23.4 Å². The van der Waals surface area contributed by atoms with Gasteiger partial charge in [0.25, 0.3) is 0 Å². The molecule has 0 aliphatic rings. The zero-order chi connectivity index (χ0) is 12.0. The number of ether oxygens (including phenoxy) is 1. The molecule has 16 heavy (non-hydrogen) atoms. The van der Waals surface area contributed by atoms with Crippen LogP contribution in [0, 0.1) is 6.92 Å². The molecule has 0 aromatic carbocycles. The Labute approximate surface area is 97.0 Å². The van der Waals surface area contributed by atoms with Gasteiger partial charge >= 0.3 is 5.97 Å². The molecule has 0 atom stereocenters. The zero-order valence-electron chi connectivity index (χ0n) is 9.01. The zero-order valence-corrected chi connectivity index (χ0v) is 9.82. The van der Waals surface area contributed by atoms with Crippen LogP contribution >= 0.6 is 11.3 Å². The van der Waals surface area contributed by atoms with E-state index in [0.29, 0.717) is 0 Å². The summed E-state index contributed by atoms with van der Waals surface area (Å²) < 4.78 is 4.77. The molecule has 84 valence electrons. The number of aryl methyl sites for hydroxylation is 1. The van der Waals surface area contributed by atoms with Gasteiger partial charge in [-0.3, -0.25) is 0 Å². The number of carbonyl (C=O) groups is 1. The number of hydrogen-bond donors (Lipinski definition) is 0. The number of hydrogen-bond acceptors (Lipinski definition) is 4. The molecule has 0 fully saturated rings. The van der Waals surface area contributed by atoms with E-state index in [4.69, 9.17) is 10.3 Å². The van der Waals surface area contributed by atoms with Crippen LogP contribution in [0.25, 0.3) is 16.5 Å². The summed E-state index contributed by atoms with van der Waals surface area (Å²) in [4.78, 5) is 15.1. The number of rotatable bonds is 4. The van der Waals surface area contributed by atoms with Gasteiger partial charge in [-0.2, -0.15) is 0 Å². The average molecular weight is 237 g/mol. The first-order valence-corrected chi connectivity index (χ1v) is 5.54. The Morgan fingerprint density at radius 2 is 2.50 bits per heavy atom. The summed E-state index contributed by atoms with van der Waals surface area (Å²) in [5.74, 6) is -0.607. The van der Waals surface area contributed by atoms with Crippen LogP contribution in [0.5, 0.6) is 0 Å². The summed E-state index contributed by atoms with van der Waals surface area (Å²) in [6.07, 6.45) is 1.52. The molecule has 1 aromatic rings. The average Bonchev–Trinajstić information content (AvgIpc) is 2.64. The van der Waals surface area contributed by atoms with Gasteiger partial charge in [-0.15, -0.1) is 11.3 Å². The predicted molar refractivity (Wildman–Crippen MR) is 62.8 cm³/mol. The second kappa shape index (κ2) is 5.95. The van der Waals surface area contributed by atoms with E-state index in [0.717, 1.165) is 10.4 Å². The monoisotopic (exact) mass is 237 g/mol. The molecule has 0 aliphatic carbocycles. The highest BCUT2D eigenvalue weighted by molar-refractivity contribution is 7.10. The minimum Gasteiger partial charge on any atom is -0.462 e. The van der Waals surface area contributed by atoms with Crippen LogP contribution < -0.4 is 0 Å². The third kappa shape index (κ3) is 3.42. The fraction of sp³-hybridized carbons (Fsp3) is 0.300. The van der Waals surface area contributed by atoms with Crippen LogP contribution in [0.3, 0.4) is 0 Å². The van der Waals surface area contributed by atoms with E-state index in [1.807, 2.05) is 18.4 Å². The van der Waals surface area contributed by atoms with Gasteiger partial charge in [0, 0.05) is 9.79 Å². The lowest BCUT2D eigenvalue weighted by atomic mass is 10.2. The lowest BCUT2D eigenvalue weighted by Crippen LogP contribution is -2.05. The van der Waals surface area contributed by atoms with Crippen molar-refractivity contribution in [1.29, 1.82) is 0 Å². The van der Waals surface area contributed by atoms with Crippen molar-refractivity contribution in [3.05, 3.63) is 38.0 Å². The van der Waals surface area contributed by atoms with Gasteiger partial charge in [-0.25, -0.2) is 4.79 Å². The number of nitrogens with zero attached hydrogens (tertiary/aromatic N) is 3. The van der Waals surface area contributed by atoms with Gasteiger partial charge in [-0.05, 0) is 42.5 Å². The van der Waals surface area contributed by atoms with E-state index >= 15 is 0 Å². The number of esters is 1. The summed E-state index contributed by atoms with van der Waals surface area (Å²) in [5, 5.41) is 5.20. The van der Waals surface area contributed by atoms with Gasteiger partial charge in [0.2, 0.25) is 0 Å². The molecule has 0 radical (unpaired) electrons. The van der Waals surface area contributed by atoms with Gasteiger partial charge in [0.05, 0.1) is 6.61 Å². The van der Waals surface area contributed by atoms with E-state index < -0.39 is 5.97 Å². The van der Waals surface area contributed by atoms with Crippen molar-refractivity contribution < 1.29 is 9.53 Å². The van der Waals surface area contributed by atoms with Crippen LogP contribution in [0.15, 0.2) is 22.3 Å². The standard InChI is InChI=1S/C10H11N3O2S/c1-3-15-10(14)9(12-13-11)5-8-4-7(2)16-6-8/h4-6H,3H2,1-2H3/b9-5-. The molecule has 0 spiro atoms. The fourth-order valence-electron chi connectivity index (χ4n) is 1.08. The first-order chi connectivity index (χ1) is 7.67. The number of thiophene rings is 1. The topological polar surface area (TPSA) is 75.1 Å². The van der Waals surface area contributed by atoms with E-state index in [1.54, 1.807) is 18.3 Å². The van der Waals surface area contributed by atoms with Gasteiger partial charge in [0.15, 0.2) is 0 Å². The van der Waals surface area contributed by atoms with Gasteiger partial charge in [-0.1, -0.05) is 5.11 Å². The van der Waals surface area contributed by atoms with Crippen LogP contribution in [-0.4, -0.2) is 12.6 Å². The highest BCUT2D eigenvalue weighted by atomic mass is 32.1. The Balaban J connectivity index is 2.97. The summed E-state index contributed by atoms with van der Waals surface area (Å²) in [6, 6.07) is 1.90. The molecular formula is C10H11N3O2S. The second-order valence-electron chi connectivity index (χ2n) is 2.93. The first-order valence-electron chi connectivity index (χ1n) is 4.66. The Hall–Kier alpha value is -1.78. The Morgan fingerprint density at radius 1 is 1.75 bits per heavy atom. The maximum atomic E-state index is 11.4. The minimum atomic E-state index is -0.607. The lowest BCUT2D eigenvalue weighted by molar-refractivity contribution is -0.138. The molecule has 5 nitrogen and oxygen atoms in total. The molecule has 6 heteroatoms. The van der Waals surface area contributed by atoms with Crippen molar-refractivity contribution in [3.8, 4) is 0 Å². The molecule has 0 bridgehead atoms. The van der Waals surface area contributed by atoms with Crippen molar-refractivity contribution in [2.75, 3.05) is 6.61 Å². The fourth-order valence-corrected chi connectivity index (χ4v) is 1.74. The van der Waals surface area contributed by atoms with Gasteiger partial charge in [0.1, 0.15) is 5.70 Å². The third-order valence-electron chi connectivity index (χ3n) is 1.69. The largest absolute Gasteiger partial charge is 0.462 e. The van der Waals surface area contributed by atoms with Crippen molar-refractivity contribution in [2.24, 2.45) is 5.11 Å². The summed E-state index contributed by atoms with van der Waals surface area (Å²) in [6.45, 7) is 3.90. The van der Waals surface area contributed by atoms with E-state index in [9.17, 15) is 4.79 Å². The number of azide groups is 1. The smallest absolute Gasteiger partial charge is 0.340 e. The second-order valence-corrected chi connectivity index (χ2v) is 4.05. The normalized spacial score (nSPS) is 10.8. The molecule has 0 saturated heterocycles. The van der Waals surface area contributed by atoms with Crippen molar-refractivity contribution in [3.63, 3.8) is 0 Å². The summed E-state index contributed by atoms with van der Waals surface area (Å²) in [5.41, 5.74) is 9.15. The third-order valence-corrected chi connectivity index (χ3v) is 2.57. The van der Waals surface area contributed by atoms with Crippen molar-refractivity contribution in [2.45, 2.75) is 13.8 Å². The molecule has 0 aliphatic heterocycles. The van der Waals surface area contributed by atoms with Gasteiger partial charge < -0.3 is 4.74 Å². The minimum absolute atomic E-state index is 0.0258. The highest BCUT2D eigenvalue weighted by Gasteiger charge is 2.08. The highest BCUT2D eigenvalue weighted by Crippen LogP contribution is 2.17. The molecular weight excluding hydrogens is 226 g/mol.